The quantitative estimate of drug-likeness (QED) is 0.527. The molecule has 0 fully saturated rings. The Labute approximate surface area is 153 Å². The molecule has 1 aromatic rings. The van der Waals surface area contributed by atoms with E-state index in [-0.39, 0.29) is 0 Å². The fourth-order valence-corrected chi connectivity index (χ4v) is 2.67. The van der Waals surface area contributed by atoms with Gasteiger partial charge in [0.25, 0.3) is 0 Å². The molecule has 0 N–H and O–H groups in total. The number of anilines is 1. The molecule has 1 heterocycles. The third kappa shape index (κ3) is 4.59. The minimum absolute atomic E-state index is 0.815. The van der Waals surface area contributed by atoms with Crippen LogP contribution < -0.4 is 19.9 Å². The molecule has 0 amide bonds. The lowest BCUT2D eigenvalue weighted by molar-refractivity contribution is -0.302. The molecule has 3 rings (SSSR count). The van der Waals surface area contributed by atoms with Crippen LogP contribution in [0.1, 0.15) is 20.8 Å². The van der Waals surface area contributed by atoms with Crippen molar-refractivity contribution < 1.29 is 14.3 Å². The standard InChI is InChI=1S/C18H22N3O.C2H4O2/c1-5-21(6-2)14-8-10-16-18(12-14)22-17-11-13(20(3)4)7-9-15(17)19-16;1-2(3)4/h7-12H,5-6H2,1-4H3;1H3,(H,3,4)/q+1;/p-1. The number of carbonyl (C=O) groups excluding carboxylic acids is 1. The minimum atomic E-state index is -1.08. The van der Waals surface area contributed by atoms with Gasteiger partial charge in [0.1, 0.15) is 25.3 Å². The first kappa shape index (κ1) is 19.4. The van der Waals surface area contributed by atoms with E-state index in [1.54, 1.807) is 0 Å². The highest BCUT2D eigenvalue weighted by molar-refractivity contribution is 5.80. The number of rotatable bonds is 3. The van der Waals surface area contributed by atoms with Gasteiger partial charge in [-0.3, -0.25) is 0 Å². The summed E-state index contributed by atoms with van der Waals surface area (Å²) in [4.78, 5) is 15.9. The molecule has 1 aliphatic heterocycles. The number of carbonyl (C=O) groups is 1. The average molecular weight is 355 g/mol. The summed E-state index contributed by atoms with van der Waals surface area (Å²) in [6, 6.07) is 12.3. The summed E-state index contributed by atoms with van der Waals surface area (Å²) in [6.45, 7) is 7.25. The van der Waals surface area contributed by atoms with Gasteiger partial charge in [-0.2, -0.15) is 0 Å². The highest BCUT2D eigenvalue weighted by atomic mass is 16.4. The summed E-state index contributed by atoms with van der Waals surface area (Å²) >= 11 is 0. The van der Waals surface area contributed by atoms with Gasteiger partial charge < -0.3 is 19.2 Å². The topological polar surface area (TPSA) is 72.4 Å². The zero-order chi connectivity index (χ0) is 19.3. The summed E-state index contributed by atoms with van der Waals surface area (Å²) in [5, 5.41) is 10.00. The Kier molecular flexibility index (Phi) is 6.33. The monoisotopic (exact) mass is 355 g/mol. The lowest BCUT2D eigenvalue weighted by Crippen LogP contribution is -2.21. The normalized spacial score (nSPS) is 10.3. The van der Waals surface area contributed by atoms with Crippen LogP contribution in [0, 0.1) is 0 Å². The number of nitrogens with zero attached hydrogens (tertiary/aromatic N) is 3. The molecule has 6 heteroatoms. The van der Waals surface area contributed by atoms with Crippen molar-refractivity contribution in [2.75, 3.05) is 32.1 Å². The van der Waals surface area contributed by atoms with Gasteiger partial charge in [0.2, 0.25) is 5.36 Å². The molecule has 0 radical (unpaired) electrons. The second-order valence-electron chi connectivity index (χ2n) is 6.08. The molecule has 2 aliphatic rings. The molecule has 0 saturated heterocycles. The van der Waals surface area contributed by atoms with Crippen LogP contribution in [0.15, 0.2) is 40.8 Å². The predicted molar refractivity (Wildman–Crippen MR) is 102 cm³/mol. The lowest BCUT2D eigenvalue weighted by atomic mass is 10.2. The van der Waals surface area contributed by atoms with Crippen molar-refractivity contribution >= 4 is 22.8 Å². The van der Waals surface area contributed by atoms with Gasteiger partial charge in [-0.1, -0.05) is 0 Å². The zero-order valence-corrected chi connectivity index (χ0v) is 15.9. The number of carboxylic acid groups (broad SMARTS) is 1. The molecule has 1 aromatic carbocycles. The van der Waals surface area contributed by atoms with Crippen LogP contribution in [0.2, 0.25) is 0 Å². The van der Waals surface area contributed by atoms with Gasteiger partial charge in [0, 0.05) is 36.9 Å². The first-order valence-electron chi connectivity index (χ1n) is 8.63. The molecule has 138 valence electrons. The van der Waals surface area contributed by atoms with Crippen LogP contribution in [-0.4, -0.2) is 38.1 Å². The summed E-state index contributed by atoms with van der Waals surface area (Å²) in [7, 11) is 4.04. The highest BCUT2D eigenvalue weighted by Gasteiger charge is 2.12. The average Bonchev–Trinajstić information content (AvgIpc) is 2.60. The predicted octanol–water partition coefficient (Wildman–Crippen LogP) is 1.57. The molecular weight excluding hydrogens is 330 g/mol. The van der Waals surface area contributed by atoms with Gasteiger partial charge >= 0.3 is 0 Å². The van der Waals surface area contributed by atoms with Gasteiger partial charge in [-0.05, 0) is 39.0 Å². The maximum Gasteiger partial charge on any atom is 0.203 e. The molecule has 0 unspecified atom stereocenters. The van der Waals surface area contributed by atoms with Crippen LogP contribution in [0.25, 0.3) is 22.6 Å². The second kappa shape index (κ2) is 8.47. The summed E-state index contributed by atoms with van der Waals surface area (Å²) in [6.07, 6.45) is 0. The van der Waals surface area contributed by atoms with E-state index in [1.807, 2.05) is 32.3 Å². The van der Waals surface area contributed by atoms with E-state index in [9.17, 15) is 0 Å². The van der Waals surface area contributed by atoms with Crippen molar-refractivity contribution in [3.8, 4) is 11.5 Å². The van der Waals surface area contributed by atoms with E-state index in [2.05, 4.69) is 41.5 Å². The number of hydrogen-bond acceptors (Lipinski definition) is 5. The lowest BCUT2D eigenvalue weighted by Gasteiger charge is -2.21. The Morgan fingerprint density at radius 1 is 1.15 bits per heavy atom. The fraction of sp³-hybridized carbons (Fsp3) is 0.350. The van der Waals surface area contributed by atoms with E-state index >= 15 is 0 Å². The number of carboxylic acids is 1. The third-order valence-electron chi connectivity index (χ3n) is 3.99. The molecule has 0 atom stereocenters. The Balaban J connectivity index is 0.000000552. The SMILES string of the molecule is CC(=O)[O-].CCN(CC)c1ccc2nc3ccc(=[N+](C)C)cc-3oc2c1. The van der Waals surface area contributed by atoms with Gasteiger partial charge in [-0.25, -0.2) is 9.56 Å². The molecule has 6 nitrogen and oxygen atoms in total. The van der Waals surface area contributed by atoms with E-state index in [0.717, 1.165) is 47.9 Å². The van der Waals surface area contributed by atoms with Crippen molar-refractivity contribution in [3.63, 3.8) is 0 Å². The first-order chi connectivity index (χ1) is 12.3. The minimum Gasteiger partial charge on any atom is -0.550 e. The molecule has 0 aromatic heterocycles. The van der Waals surface area contributed by atoms with E-state index in [1.165, 1.54) is 5.69 Å². The van der Waals surface area contributed by atoms with Crippen molar-refractivity contribution in [3.05, 3.63) is 41.8 Å². The van der Waals surface area contributed by atoms with Gasteiger partial charge in [0.15, 0.2) is 11.3 Å². The van der Waals surface area contributed by atoms with Crippen molar-refractivity contribution in [1.82, 2.24) is 9.56 Å². The summed E-state index contributed by atoms with van der Waals surface area (Å²) in [5.74, 6) is -0.268. The van der Waals surface area contributed by atoms with Gasteiger partial charge in [0.05, 0.1) is 6.07 Å². The zero-order valence-electron chi connectivity index (χ0n) is 15.9. The largest absolute Gasteiger partial charge is 0.550 e. The van der Waals surface area contributed by atoms with Crippen LogP contribution in [0.5, 0.6) is 0 Å². The maximum absolute atomic E-state index is 8.89. The Bertz CT molecular complexity index is 935. The maximum atomic E-state index is 8.89. The van der Waals surface area contributed by atoms with Crippen LogP contribution in [-0.2, 0) is 4.79 Å². The van der Waals surface area contributed by atoms with Crippen LogP contribution in [0.3, 0.4) is 0 Å². The Morgan fingerprint density at radius 2 is 1.81 bits per heavy atom. The molecule has 0 spiro atoms. The van der Waals surface area contributed by atoms with Crippen molar-refractivity contribution in [1.29, 1.82) is 0 Å². The molecule has 1 aliphatic carbocycles. The smallest absolute Gasteiger partial charge is 0.203 e. The van der Waals surface area contributed by atoms with Crippen molar-refractivity contribution in [2.45, 2.75) is 20.8 Å². The van der Waals surface area contributed by atoms with Crippen LogP contribution in [0.4, 0.5) is 5.69 Å². The Hall–Kier alpha value is -2.89. The van der Waals surface area contributed by atoms with E-state index in [4.69, 9.17) is 19.3 Å². The van der Waals surface area contributed by atoms with Crippen molar-refractivity contribution in [2.24, 2.45) is 0 Å². The summed E-state index contributed by atoms with van der Waals surface area (Å²) in [5.41, 5.74) is 3.77. The highest BCUT2D eigenvalue weighted by Crippen LogP contribution is 2.26. The second-order valence-corrected chi connectivity index (χ2v) is 6.08. The number of fused-ring (bicyclic) bond motifs is 2. The Morgan fingerprint density at radius 3 is 2.38 bits per heavy atom. The molecule has 0 bridgehead atoms. The number of benzene rings is 2. The van der Waals surface area contributed by atoms with E-state index in [0.29, 0.717) is 0 Å². The number of aromatic nitrogens is 1. The van der Waals surface area contributed by atoms with E-state index < -0.39 is 5.97 Å². The third-order valence-corrected chi connectivity index (χ3v) is 3.99. The van der Waals surface area contributed by atoms with Gasteiger partial charge in [-0.15, -0.1) is 0 Å². The fourth-order valence-electron chi connectivity index (χ4n) is 2.67. The number of aliphatic carboxylic acids is 1. The molecular formula is C20H25N3O3. The summed E-state index contributed by atoms with van der Waals surface area (Å²) < 4.78 is 8.16. The molecule has 0 saturated carbocycles. The molecule has 26 heavy (non-hydrogen) atoms. The first-order valence-corrected chi connectivity index (χ1v) is 8.63. The number of hydrogen-bond donors (Lipinski definition) is 0. The van der Waals surface area contributed by atoms with Crippen LogP contribution >= 0.6 is 0 Å².